The highest BCUT2D eigenvalue weighted by Crippen LogP contribution is 2.49. The second kappa shape index (κ2) is 16.3. The van der Waals surface area contributed by atoms with Gasteiger partial charge in [-0.15, -0.1) is 0 Å². The number of alkyl halides is 1. The number of fused-ring (bicyclic) bond motifs is 6. The maximum atomic E-state index is 13.6. The van der Waals surface area contributed by atoms with E-state index in [4.69, 9.17) is 32.7 Å². The van der Waals surface area contributed by atoms with E-state index in [1.54, 1.807) is 33.0 Å². The summed E-state index contributed by atoms with van der Waals surface area (Å²) in [6, 6.07) is 3.50. The fourth-order valence-electron chi connectivity index (χ4n) is 9.00. The SMILES string of the molecule is CC(C)(C)OC(=O)N1C(=O)CC(=O)CC12CCC2.CC(C)(C)OC(=O)N1C(=O)c2c([nH]c3c2CCc2cnc(Cl)cc2-3)CC12CCC2.O=C1c2cc(Cl)ncc2CCC1Br. The Balaban J connectivity index is 0.000000150. The van der Waals surface area contributed by atoms with Crippen LogP contribution in [-0.4, -0.2) is 87.4 Å². The first-order chi connectivity index (χ1) is 28.1. The van der Waals surface area contributed by atoms with Gasteiger partial charge in [0.05, 0.1) is 33.6 Å². The number of amides is 4. The predicted octanol–water partition coefficient (Wildman–Crippen LogP) is 9.35. The Labute approximate surface area is 367 Å². The standard InChI is InChI=1S/C22H24ClN3O3.C13H19NO4.C9H7BrClNO/c1-21(2,3)29-20(28)26-19(27)17-13-6-5-12-11-24-16(23)9-14(12)18(13)25-15(17)10-22(26)7-4-8-22;1-12(2,3)18-11(17)14-10(16)7-9(15)8-13(14)5-4-6-13;10-7-2-1-5-4-12-8(11)3-6(5)9(7)13/h9,11,25H,4-8,10H2,1-3H3;4-8H2,1-3H3;3-4,7H,1-2H2. The molecular weight excluding hydrogens is 877 g/mol. The van der Waals surface area contributed by atoms with Crippen LogP contribution >= 0.6 is 39.1 Å². The molecule has 3 fully saturated rings. The first-order valence-electron chi connectivity index (χ1n) is 20.5. The molecule has 2 spiro atoms. The fourth-order valence-corrected chi connectivity index (χ4v) is 9.79. The summed E-state index contributed by atoms with van der Waals surface area (Å²) in [5.41, 5.74) is 4.98. The second-order valence-electron chi connectivity index (χ2n) is 18.6. The van der Waals surface area contributed by atoms with Crippen LogP contribution < -0.4 is 0 Å². The molecule has 1 N–H and O–H groups in total. The topological polar surface area (TPSA) is 169 Å². The Hall–Kier alpha value is -4.14. The van der Waals surface area contributed by atoms with E-state index in [9.17, 15) is 28.8 Å². The highest BCUT2D eigenvalue weighted by molar-refractivity contribution is 9.10. The van der Waals surface area contributed by atoms with Crippen molar-refractivity contribution in [1.29, 1.82) is 0 Å². The van der Waals surface area contributed by atoms with E-state index in [1.807, 2.05) is 33.0 Å². The number of aromatic nitrogens is 3. The van der Waals surface area contributed by atoms with Gasteiger partial charge in [0, 0.05) is 42.1 Å². The van der Waals surface area contributed by atoms with Gasteiger partial charge in [0.1, 0.15) is 27.3 Å². The van der Waals surface area contributed by atoms with Crippen LogP contribution in [0.5, 0.6) is 0 Å². The molecule has 4 aliphatic carbocycles. The van der Waals surface area contributed by atoms with Gasteiger partial charge in [-0.2, -0.15) is 0 Å². The van der Waals surface area contributed by atoms with E-state index in [2.05, 4.69) is 30.9 Å². The van der Waals surface area contributed by atoms with E-state index in [-0.39, 0.29) is 35.1 Å². The van der Waals surface area contributed by atoms with Crippen LogP contribution in [0.3, 0.4) is 0 Å². The molecule has 0 bridgehead atoms. The zero-order valence-corrected chi connectivity index (χ0v) is 37.9. The number of ketones is 2. The molecule has 1 unspecified atom stereocenters. The molecule has 3 aromatic heterocycles. The summed E-state index contributed by atoms with van der Waals surface area (Å²) in [4.78, 5) is 88.1. The van der Waals surface area contributed by atoms with Gasteiger partial charge in [-0.1, -0.05) is 39.1 Å². The Bertz CT molecular complexity index is 2290. The minimum atomic E-state index is -0.650. The van der Waals surface area contributed by atoms with Gasteiger partial charge in [0.2, 0.25) is 5.91 Å². The summed E-state index contributed by atoms with van der Waals surface area (Å²) in [7, 11) is 0. The third-order valence-electron chi connectivity index (χ3n) is 11.9. The largest absolute Gasteiger partial charge is 0.443 e. The number of rotatable bonds is 0. The molecule has 3 aromatic rings. The molecule has 0 radical (unpaired) electrons. The number of hydrogen-bond donors (Lipinski definition) is 1. The van der Waals surface area contributed by atoms with Crippen molar-refractivity contribution in [2.75, 3.05) is 0 Å². The number of imide groups is 2. The monoisotopic (exact) mass is 925 g/mol. The summed E-state index contributed by atoms with van der Waals surface area (Å²) in [6.45, 7) is 10.8. The van der Waals surface area contributed by atoms with Crippen LogP contribution in [0.25, 0.3) is 11.3 Å². The van der Waals surface area contributed by atoms with Gasteiger partial charge in [0.25, 0.3) is 5.91 Å². The summed E-state index contributed by atoms with van der Waals surface area (Å²) < 4.78 is 10.9. The smallest absolute Gasteiger partial charge is 0.417 e. The Morgan fingerprint density at radius 1 is 0.783 bits per heavy atom. The van der Waals surface area contributed by atoms with Crippen LogP contribution in [0.1, 0.15) is 142 Å². The lowest BCUT2D eigenvalue weighted by molar-refractivity contribution is -0.151. The third-order valence-corrected chi connectivity index (χ3v) is 13.2. The van der Waals surface area contributed by atoms with Gasteiger partial charge in [-0.3, -0.25) is 19.2 Å². The van der Waals surface area contributed by atoms with Gasteiger partial charge in [-0.25, -0.2) is 29.4 Å². The minimum absolute atomic E-state index is 0.0570. The molecule has 0 aromatic carbocycles. The molecule has 16 heteroatoms. The number of halogens is 3. The molecule has 1 saturated heterocycles. The molecule has 60 heavy (non-hydrogen) atoms. The molecule has 5 heterocycles. The molecule has 2 saturated carbocycles. The van der Waals surface area contributed by atoms with Crippen molar-refractivity contribution in [2.24, 2.45) is 0 Å². The quantitative estimate of drug-likeness (QED) is 0.130. The average Bonchev–Trinajstić information content (AvgIpc) is 3.50. The van der Waals surface area contributed by atoms with Crippen LogP contribution in [0.2, 0.25) is 10.3 Å². The summed E-state index contributed by atoms with van der Waals surface area (Å²) in [5.74, 6) is -0.605. The number of hydrogen-bond acceptors (Lipinski definition) is 10. The highest BCUT2D eigenvalue weighted by atomic mass is 79.9. The molecule has 6 aliphatic rings. The number of pyridine rings is 2. The number of piperidine rings is 1. The van der Waals surface area contributed by atoms with Crippen LogP contribution in [-0.2, 0) is 44.7 Å². The van der Waals surface area contributed by atoms with E-state index >= 15 is 0 Å². The van der Waals surface area contributed by atoms with E-state index < -0.39 is 40.4 Å². The van der Waals surface area contributed by atoms with Crippen molar-refractivity contribution in [2.45, 2.75) is 152 Å². The lowest BCUT2D eigenvalue weighted by atomic mass is 9.69. The van der Waals surface area contributed by atoms with Crippen molar-refractivity contribution in [1.82, 2.24) is 24.8 Å². The number of likely N-dealkylation sites (tertiary alicyclic amines) is 1. The highest BCUT2D eigenvalue weighted by Gasteiger charge is 2.55. The van der Waals surface area contributed by atoms with Gasteiger partial charge in [0.15, 0.2) is 5.78 Å². The number of Topliss-reactive ketones (excluding diaryl/α,β-unsaturated/α-hetero) is 2. The number of H-pyrrole nitrogens is 1. The molecule has 4 amide bonds. The number of aromatic amines is 1. The summed E-state index contributed by atoms with van der Waals surface area (Å²) >= 11 is 15.2. The van der Waals surface area contributed by atoms with Crippen molar-refractivity contribution >= 4 is 74.7 Å². The zero-order chi connectivity index (χ0) is 43.5. The molecular formula is C44H50BrCl2N5O8. The molecule has 1 atom stereocenters. The molecule has 13 nitrogen and oxygen atoms in total. The Kier molecular flexibility index (Phi) is 11.9. The number of carbonyl (C=O) groups excluding carboxylic acids is 6. The Morgan fingerprint density at radius 2 is 1.32 bits per heavy atom. The van der Waals surface area contributed by atoms with Crippen LogP contribution in [0.15, 0.2) is 24.5 Å². The lowest BCUT2D eigenvalue weighted by Crippen LogP contribution is -2.63. The average molecular weight is 928 g/mol. The maximum Gasteiger partial charge on any atom is 0.417 e. The van der Waals surface area contributed by atoms with Gasteiger partial charge in [-0.05, 0) is 135 Å². The van der Waals surface area contributed by atoms with Crippen molar-refractivity contribution < 1.29 is 38.2 Å². The predicted molar refractivity (Wildman–Crippen MR) is 228 cm³/mol. The minimum Gasteiger partial charge on any atom is -0.443 e. The number of aryl methyl sites for hydroxylation is 2. The number of carbonyl (C=O) groups is 6. The zero-order valence-electron chi connectivity index (χ0n) is 34.8. The first-order valence-corrected chi connectivity index (χ1v) is 22.1. The summed E-state index contributed by atoms with van der Waals surface area (Å²) in [5, 5.41) is 0.815. The lowest BCUT2D eigenvalue weighted by Gasteiger charge is -2.51. The van der Waals surface area contributed by atoms with Crippen LogP contribution in [0, 0.1) is 0 Å². The van der Waals surface area contributed by atoms with E-state index in [0.29, 0.717) is 40.7 Å². The second-order valence-corrected chi connectivity index (χ2v) is 20.5. The van der Waals surface area contributed by atoms with Gasteiger partial charge < -0.3 is 14.5 Å². The van der Waals surface area contributed by atoms with E-state index in [1.165, 1.54) is 9.80 Å². The summed E-state index contributed by atoms with van der Waals surface area (Å²) in [6.07, 6.45) is 11.4. The fraction of sp³-hybridized carbons (Fsp3) is 0.545. The van der Waals surface area contributed by atoms with E-state index in [0.717, 1.165) is 85.0 Å². The molecule has 320 valence electrons. The molecule has 2 aliphatic heterocycles. The Morgan fingerprint density at radius 3 is 1.87 bits per heavy atom. The van der Waals surface area contributed by atoms with Crippen molar-refractivity contribution in [3.05, 3.63) is 68.3 Å². The maximum absolute atomic E-state index is 13.6. The van der Waals surface area contributed by atoms with Gasteiger partial charge >= 0.3 is 12.2 Å². The number of nitrogens with one attached hydrogen (secondary N) is 1. The third kappa shape index (κ3) is 8.66. The number of ether oxygens (including phenoxy) is 2. The molecule has 9 rings (SSSR count). The van der Waals surface area contributed by atoms with Crippen molar-refractivity contribution in [3.8, 4) is 11.3 Å². The van der Waals surface area contributed by atoms with Crippen molar-refractivity contribution in [3.63, 3.8) is 0 Å². The first kappa shape index (κ1) is 43.9. The number of nitrogens with zero attached hydrogens (tertiary/aromatic N) is 4. The van der Waals surface area contributed by atoms with Crippen LogP contribution in [0.4, 0.5) is 9.59 Å². The normalized spacial score (nSPS) is 20.9.